The number of rotatable bonds is 5. The van der Waals surface area contributed by atoms with Gasteiger partial charge >= 0.3 is 6.18 Å². The van der Waals surface area contributed by atoms with Crippen LogP contribution in [-0.4, -0.2) is 11.2 Å². The fourth-order valence-corrected chi connectivity index (χ4v) is 3.83. The van der Waals surface area contributed by atoms with Crippen molar-refractivity contribution in [2.24, 2.45) is 0 Å². The van der Waals surface area contributed by atoms with Crippen LogP contribution in [0.4, 0.5) is 18.9 Å². The van der Waals surface area contributed by atoms with E-state index in [1.54, 1.807) is 13.0 Å². The molecule has 1 N–H and O–H groups in total. The number of amides is 1. The number of nitrogens with one attached hydrogen (secondary N) is 1. The van der Waals surface area contributed by atoms with Crippen LogP contribution in [0.2, 0.25) is 4.34 Å². The lowest BCUT2D eigenvalue weighted by Crippen LogP contribution is -2.24. The van der Waals surface area contributed by atoms with E-state index < -0.39 is 22.9 Å². The lowest BCUT2D eigenvalue weighted by Gasteiger charge is -2.16. The Hall–Kier alpha value is -1.18. The number of alkyl halides is 3. The Kier molecular flexibility index (Phi) is 6.00. The molecule has 0 fully saturated rings. The average molecular weight is 380 g/mol. The summed E-state index contributed by atoms with van der Waals surface area (Å²) in [5.41, 5.74) is -1.08. The molecule has 1 atom stereocenters. The number of halogens is 4. The van der Waals surface area contributed by atoms with E-state index in [0.717, 1.165) is 10.9 Å². The average Bonchev–Trinajstić information content (AvgIpc) is 2.89. The first-order valence-corrected chi connectivity index (χ1v) is 8.84. The van der Waals surface area contributed by atoms with E-state index in [1.165, 1.54) is 41.3 Å². The minimum atomic E-state index is -4.51. The SMILES string of the molecule is CC(SCc1ccc(Cl)s1)C(=O)Nc1ccccc1C(F)(F)F. The minimum Gasteiger partial charge on any atom is -0.325 e. The quantitative estimate of drug-likeness (QED) is 0.724. The highest BCUT2D eigenvalue weighted by Gasteiger charge is 2.33. The van der Waals surface area contributed by atoms with Gasteiger partial charge in [0.1, 0.15) is 0 Å². The van der Waals surface area contributed by atoms with Crippen LogP contribution in [0, 0.1) is 0 Å². The summed E-state index contributed by atoms with van der Waals surface area (Å²) < 4.78 is 39.4. The van der Waals surface area contributed by atoms with E-state index in [2.05, 4.69) is 5.32 Å². The predicted octanol–water partition coefficient (Wildman–Crippen LogP) is 5.68. The highest BCUT2D eigenvalue weighted by molar-refractivity contribution is 7.99. The van der Waals surface area contributed by atoms with Crippen molar-refractivity contribution in [3.63, 3.8) is 0 Å². The highest BCUT2D eigenvalue weighted by Crippen LogP contribution is 2.35. The Bertz CT molecular complexity index is 687. The molecule has 2 nitrogen and oxygen atoms in total. The number of hydrogen-bond acceptors (Lipinski definition) is 3. The summed E-state index contributed by atoms with van der Waals surface area (Å²) in [5.74, 6) is 0.113. The number of thioether (sulfide) groups is 1. The number of anilines is 1. The molecule has 23 heavy (non-hydrogen) atoms. The third-order valence-electron chi connectivity index (χ3n) is 2.96. The maximum absolute atomic E-state index is 12.9. The molecule has 1 unspecified atom stereocenters. The van der Waals surface area contributed by atoms with Gasteiger partial charge in [0.05, 0.1) is 20.8 Å². The fourth-order valence-electron chi connectivity index (χ4n) is 1.79. The molecule has 1 heterocycles. The van der Waals surface area contributed by atoms with Gasteiger partial charge in [-0.1, -0.05) is 23.7 Å². The molecule has 1 aromatic carbocycles. The second-order valence-electron chi connectivity index (χ2n) is 4.69. The summed E-state index contributed by atoms with van der Waals surface area (Å²) in [6.07, 6.45) is -4.51. The zero-order chi connectivity index (χ0) is 17.0. The predicted molar refractivity (Wildman–Crippen MR) is 90.2 cm³/mol. The van der Waals surface area contributed by atoms with Gasteiger partial charge in [-0.05, 0) is 31.2 Å². The zero-order valence-electron chi connectivity index (χ0n) is 12.0. The van der Waals surface area contributed by atoms with Crippen molar-refractivity contribution >= 4 is 46.3 Å². The van der Waals surface area contributed by atoms with Crippen molar-refractivity contribution in [1.82, 2.24) is 0 Å². The number of para-hydroxylation sites is 1. The molecule has 0 saturated carbocycles. The molecule has 0 saturated heterocycles. The molecule has 2 rings (SSSR count). The van der Waals surface area contributed by atoms with Crippen molar-refractivity contribution in [3.05, 3.63) is 51.2 Å². The third kappa shape index (κ3) is 5.16. The first-order chi connectivity index (χ1) is 10.8. The second kappa shape index (κ2) is 7.59. The summed E-state index contributed by atoms with van der Waals surface area (Å²) in [7, 11) is 0. The van der Waals surface area contributed by atoms with Gasteiger partial charge in [0.15, 0.2) is 0 Å². The van der Waals surface area contributed by atoms with E-state index in [4.69, 9.17) is 11.6 Å². The molecule has 0 spiro atoms. The van der Waals surface area contributed by atoms with Gasteiger partial charge in [0, 0.05) is 10.6 Å². The number of hydrogen-bond donors (Lipinski definition) is 1. The molecule has 0 aliphatic rings. The van der Waals surface area contributed by atoms with Crippen LogP contribution in [0.5, 0.6) is 0 Å². The molecule has 1 aromatic heterocycles. The third-order valence-corrected chi connectivity index (χ3v) is 5.57. The smallest absolute Gasteiger partial charge is 0.325 e. The Morgan fingerprint density at radius 1 is 1.30 bits per heavy atom. The normalized spacial score (nSPS) is 12.9. The Balaban J connectivity index is 1.99. The maximum Gasteiger partial charge on any atom is 0.418 e. The van der Waals surface area contributed by atoms with Gasteiger partial charge < -0.3 is 5.32 Å². The lowest BCUT2D eigenvalue weighted by molar-refractivity contribution is -0.137. The zero-order valence-corrected chi connectivity index (χ0v) is 14.4. The topological polar surface area (TPSA) is 29.1 Å². The monoisotopic (exact) mass is 379 g/mol. The van der Waals surface area contributed by atoms with Crippen molar-refractivity contribution in [2.45, 2.75) is 24.1 Å². The minimum absolute atomic E-state index is 0.225. The van der Waals surface area contributed by atoms with Crippen molar-refractivity contribution < 1.29 is 18.0 Å². The maximum atomic E-state index is 12.9. The molecule has 0 bridgehead atoms. The molecule has 124 valence electrons. The summed E-state index contributed by atoms with van der Waals surface area (Å²) >= 11 is 8.59. The summed E-state index contributed by atoms with van der Waals surface area (Å²) in [6, 6.07) is 8.57. The van der Waals surface area contributed by atoms with Crippen LogP contribution < -0.4 is 5.32 Å². The Morgan fingerprint density at radius 3 is 2.61 bits per heavy atom. The largest absolute Gasteiger partial charge is 0.418 e. The van der Waals surface area contributed by atoms with E-state index in [9.17, 15) is 18.0 Å². The van der Waals surface area contributed by atoms with Gasteiger partial charge in [0.2, 0.25) is 5.91 Å². The van der Waals surface area contributed by atoms with Crippen LogP contribution in [0.3, 0.4) is 0 Å². The molecule has 0 radical (unpaired) electrons. The van der Waals surface area contributed by atoms with Gasteiger partial charge in [-0.2, -0.15) is 13.2 Å². The molecule has 0 aliphatic carbocycles. The van der Waals surface area contributed by atoms with E-state index in [1.807, 2.05) is 6.07 Å². The molecule has 0 aliphatic heterocycles. The van der Waals surface area contributed by atoms with Gasteiger partial charge in [0.25, 0.3) is 0 Å². The van der Waals surface area contributed by atoms with Gasteiger partial charge in [-0.15, -0.1) is 23.1 Å². The molecular formula is C15H13ClF3NOS2. The molecule has 2 aromatic rings. The summed E-state index contributed by atoms with van der Waals surface area (Å²) in [6.45, 7) is 1.66. The van der Waals surface area contributed by atoms with Gasteiger partial charge in [-0.25, -0.2) is 0 Å². The van der Waals surface area contributed by atoms with E-state index in [-0.39, 0.29) is 5.69 Å². The van der Waals surface area contributed by atoms with Gasteiger partial charge in [-0.3, -0.25) is 4.79 Å². The standard InChI is InChI=1S/C15H13ClF3NOS2/c1-9(22-8-10-6-7-13(16)23-10)14(21)20-12-5-3-2-4-11(12)15(17,18)19/h2-7,9H,8H2,1H3,(H,20,21). The van der Waals surface area contributed by atoms with Crippen LogP contribution in [0.15, 0.2) is 36.4 Å². The van der Waals surface area contributed by atoms with Crippen LogP contribution in [0.1, 0.15) is 17.4 Å². The van der Waals surface area contributed by atoms with E-state index in [0.29, 0.717) is 10.1 Å². The van der Waals surface area contributed by atoms with Crippen molar-refractivity contribution in [3.8, 4) is 0 Å². The number of carbonyl (C=O) groups excluding carboxylic acids is 1. The summed E-state index contributed by atoms with van der Waals surface area (Å²) in [5, 5.41) is 1.87. The highest BCUT2D eigenvalue weighted by atomic mass is 35.5. The second-order valence-corrected chi connectivity index (χ2v) is 7.82. The first-order valence-electron chi connectivity index (χ1n) is 6.60. The first kappa shape index (κ1) is 18.2. The molecular weight excluding hydrogens is 367 g/mol. The number of carbonyl (C=O) groups is 1. The van der Waals surface area contributed by atoms with E-state index >= 15 is 0 Å². The molecule has 1 amide bonds. The summed E-state index contributed by atoms with van der Waals surface area (Å²) in [4.78, 5) is 13.1. The lowest BCUT2D eigenvalue weighted by atomic mass is 10.1. The fraction of sp³-hybridized carbons (Fsp3) is 0.267. The van der Waals surface area contributed by atoms with Crippen LogP contribution >= 0.6 is 34.7 Å². The Labute approximate surface area is 145 Å². The number of benzene rings is 1. The van der Waals surface area contributed by atoms with Crippen molar-refractivity contribution in [1.29, 1.82) is 0 Å². The van der Waals surface area contributed by atoms with Crippen molar-refractivity contribution in [2.75, 3.05) is 5.32 Å². The Morgan fingerprint density at radius 2 is 2.00 bits per heavy atom. The molecule has 8 heteroatoms. The van der Waals surface area contributed by atoms with Crippen LogP contribution in [0.25, 0.3) is 0 Å². The number of thiophene rings is 1. The van der Waals surface area contributed by atoms with Crippen LogP contribution in [-0.2, 0) is 16.7 Å².